The number of hydrogen-bond donors (Lipinski definition) is 2. The number of para-hydroxylation sites is 1. The summed E-state index contributed by atoms with van der Waals surface area (Å²) >= 11 is 0. The van der Waals surface area contributed by atoms with E-state index < -0.39 is 6.17 Å². The molecule has 148 valence electrons. The van der Waals surface area contributed by atoms with E-state index in [-0.39, 0.29) is 11.7 Å². The number of carbonyl (C=O) groups is 1. The van der Waals surface area contributed by atoms with Gasteiger partial charge in [-0.05, 0) is 61.0 Å². The predicted molar refractivity (Wildman–Crippen MR) is 112 cm³/mol. The highest BCUT2D eigenvalue weighted by atomic mass is 16.5. The molecule has 0 spiro atoms. The van der Waals surface area contributed by atoms with Crippen LogP contribution in [0.1, 0.15) is 29.0 Å². The molecule has 6 nitrogen and oxygen atoms in total. The van der Waals surface area contributed by atoms with Gasteiger partial charge < -0.3 is 19.9 Å². The summed E-state index contributed by atoms with van der Waals surface area (Å²) in [7, 11) is 1.50. The highest BCUT2D eigenvalue weighted by Gasteiger charge is 2.34. The molecule has 1 atom stereocenters. The van der Waals surface area contributed by atoms with E-state index in [2.05, 4.69) is 5.32 Å². The highest BCUT2D eigenvalue weighted by Crippen LogP contribution is 2.39. The van der Waals surface area contributed by atoms with Gasteiger partial charge >= 0.3 is 0 Å². The number of phenols is 1. The molecule has 0 saturated carbocycles. The Morgan fingerprint density at radius 3 is 2.52 bits per heavy atom. The van der Waals surface area contributed by atoms with Crippen molar-refractivity contribution in [2.75, 3.05) is 23.9 Å². The lowest BCUT2D eigenvalue weighted by Crippen LogP contribution is -2.43. The fraction of sp³-hybridized carbons (Fsp3) is 0.174. The standard InChI is InChI=1S/C23H22N2O4/c1-3-29-17-11-9-16(10-12-17)25-22(15-8-13-21(28-2)20(26)14-15)24-19-7-5-4-6-18(19)23(25)27/h4-14,22,24,26H,3H2,1-2H3/t22-/m1/s1. The Bertz CT molecular complexity index is 1030. The Hall–Kier alpha value is -3.67. The molecule has 0 unspecified atom stereocenters. The topological polar surface area (TPSA) is 71.0 Å². The first-order valence-electron chi connectivity index (χ1n) is 9.41. The van der Waals surface area contributed by atoms with E-state index in [4.69, 9.17) is 9.47 Å². The van der Waals surface area contributed by atoms with Crippen LogP contribution in [-0.2, 0) is 0 Å². The normalized spacial score (nSPS) is 15.4. The minimum atomic E-state index is -0.493. The van der Waals surface area contributed by atoms with Crippen molar-refractivity contribution in [2.24, 2.45) is 0 Å². The number of anilines is 2. The first-order chi connectivity index (χ1) is 14.1. The summed E-state index contributed by atoms with van der Waals surface area (Å²) in [5, 5.41) is 13.7. The fourth-order valence-corrected chi connectivity index (χ4v) is 3.50. The van der Waals surface area contributed by atoms with Crippen LogP contribution >= 0.6 is 0 Å². The lowest BCUT2D eigenvalue weighted by Gasteiger charge is -2.38. The molecule has 4 rings (SSSR count). The van der Waals surface area contributed by atoms with Crippen LogP contribution in [0.4, 0.5) is 11.4 Å². The Kier molecular flexibility index (Phi) is 4.99. The van der Waals surface area contributed by atoms with Gasteiger partial charge in [-0.25, -0.2) is 0 Å². The van der Waals surface area contributed by atoms with Gasteiger partial charge in [-0.3, -0.25) is 9.69 Å². The Balaban J connectivity index is 1.80. The number of fused-ring (bicyclic) bond motifs is 1. The van der Waals surface area contributed by atoms with Gasteiger partial charge in [0.15, 0.2) is 11.5 Å². The van der Waals surface area contributed by atoms with E-state index in [0.29, 0.717) is 17.9 Å². The summed E-state index contributed by atoms with van der Waals surface area (Å²) in [6.45, 7) is 2.50. The molecule has 1 aliphatic heterocycles. The fourth-order valence-electron chi connectivity index (χ4n) is 3.50. The molecule has 1 aliphatic rings. The highest BCUT2D eigenvalue weighted by molar-refractivity contribution is 6.12. The third kappa shape index (κ3) is 3.45. The minimum Gasteiger partial charge on any atom is -0.504 e. The van der Waals surface area contributed by atoms with Crippen LogP contribution in [0, 0.1) is 0 Å². The second-order valence-electron chi connectivity index (χ2n) is 6.63. The number of nitrogens with one attached hydrogen (secondary N) is 1. The van der Waals surface area contributed by atoms with E-state index in [1.165, 1.54) is 7.11 Å². The summed E-state index contributed by atoms with van der Waals surface area (Å²) in [5.41, 5.74) is 2.80. The van der Waals surface area contributed by atoms with E-state index in [1.54, 1.807) is 23.1 Å². The van der Waals surface area contributed by atoms with Crippen LogP contribution < -0.4 is 19.7 Å². The molecular formula is C23H22N2O4. The summed E-state index contributed by atoms with van der Waals surface area (Å²) in [4.78, 5) is 15.1. The van der Waals surface area contributed by atoms with Crippen molar-refractivity contribution in [3.63, 3.8) is 0 Å². The molecule has 0 aliphatic carbocycles. The van der Waals surface area contributed by atoms with Gasteiger partial charge in [-0.15, -0.1) is 0 Å². The molecule has 29 heavy (non-hydrogen) atoms. The van der Waals surface area contributed by atoms with Gasteiger partial charge in [0.1, 0.15) is 11.9 Å². The van der Waals surface area contributed by atoms with Gasteiger partial charge in [0.05, 0.1) is 19.3 Å². The summed E-state index contributed by atoms with van der Waals surface area (Å²) in [5.74, 6) is 1.02. The average Bonchev–Trinajstić information content (AvgIpc) is 2.74. The first kappa shape index (κ1) is 18.7. The SMILES string of the molecule is CCOc1ccc(N2C(=O)c3ccccc3N[C@H]2c2ccc(OC)c(O)c2)cc1. The van der Waals surface area contributed by atoms with E-state index >= 15 is 0 Å². The number of phenolic OH excluding ortho intramolecular Hbond substituents is 1. The van der Waals surface area contributed by atoms with Crippen LogP contribution in [0.3, 0.4) is 0 Å². The van der Waals surface area contributed by atoms with E-state index in [9.17, 15) is 9.90 Å². The quantitative estimate of drug-likeness (QED) is 0.668. The zero-order chi connectivity index (χ0) is 20.4. The van der Waals surface area contributed by atoms with Crippen LogP contribution in [0.2, 0.25) is 0 Å². The molecule has 0 saturated heterocycles. The number of aromatic hydroxyl groups is 1. The monoisotopic (exact) mass is 390 g/mol. The summed E-state index contributed by atoms with van der Waals surface area (Å²) in [6.07, 6.45) is -0.493. The Morgan fingerprint density at radius 2 is 1.83 bits per heavy atom. The Labute approximate surface area is 169 Å². The maximum Gasteiger partial charge on any atom is 0.262 e. The number of nitrogens with zero attached hydrogens (tertiary/aromatic N) is 1. The molecular weight excluding hydrogens is 368 g/mol. The number of benzene rings is 3. The Morgan fingerprint density at radius 1 is 1.07 bits per heavy atom. The molecule has 1 heterocycles. The predicted octanol–water partition coefficient (Wildman–Crippen LogP) is 4.57. The molecule has 1 amide bonds. The van der Waals surface area contributed by atoms with Gasteiger partial charge in [0.25, 0.3) is 5.91 Å². The van der Waals surface area contributed by atoms with Crippen molar-refractivity contribution in [2.45, 2.75) is 13.1 Å². The molecule has 0 aromatic heterocycles. The van der Waals surface area contributed by atoms with E-state index in [1.807, 2.05) is 55.5 Å². The van der Waals surface area contributed by atoms with Gasteiger partial charge in [0.2, 0.25) is 0 Å². The molecule has 0 radical (unpaired) electrons. The molecule has 6 heteroatoms. The molecule has 3 aromatic rings. The number of amides is 1. The number of carbonyl (C=O) groups excluding carboxylic acids is 1. The third-order valence-corrected chi connectivity index (χ3v) is 4.87. The van der Waals surface area contributed by atoms with Gasteiger partial charge in [0, 0.05) is 11.4 Å². The smallest absolute Gasteiger partial charge is 0.262 e. The number of rotatable bonds is 5. The number of methoxy groups -OCH3 is 1. The van der Waals surface area contributed by atoms with Crippen molar-refractivity contribution in [1.82, 2.24) is 0 Å². The van der Waals surface area contributed by atoms with Crippen molar-refractivity contribution in [3.05, 3.63) is 77.9 Å². The maximum atomic E-state index is 13.4. The summed E-state index contributed by atoms with van der Waals surface area (Å²) in [6, 6.07) is 19.9. The minimum absolute atomic E-state index is 0.0183. The first-order valence-corrected chi connectivity index (χ1v) is 9.41. The lowest BCUT2D eigenvalue weighted by molar-refractivity contribution is 0.0975. The maximum absolute atomic E-state index is 13.4. The second kappa shape index (κ2) is 7.75. The number of ether oxygens (including phenoxy) is 2. The van der Waals surface area contributed by atoms with Crippen LogP contribution in [0.15, 0.2) is 66.7 Å². The van der Waals surface area contributed by atoms with Crippen LogP contribution in [-0.4, -0.2) is 24.7 Å². The van der Waals surface area contributed by atoms with Crippen molar-refractivity contribution < 1.29 is 19.4 Å². The molecule has 0 fully saturated rings. The van der Waals surface area contributed by atoms with Gasteiger partial charge in [-0.1, -0.05) is 18.2 Å². The van der Waals surface area contributed by atoms with Crippen LogP contribution in [0.25, 0.3) is 0 Å². The van der Waals surface area contributed by atoms with Crippen LogP contribution in [0.5, 0.6) is 17.2 Å². The largest absolute Gasteiger partial charge is 0.504 e. The van der Waals surface area contributed by atoms with Crippen molar-refractivity contribution in [1.29, 1.82) is 0 Å². The molecule has 2 N–H and O–H groups in total. The van der Waals surface area contributed by atoms with Crippen molar-refractivity contribution in [3.8, 4) is 17.2 Å². The zero-order valence-electron chi connectivity index (χ0n) is 16.3. The molecule has 3 aromatic carbocycles. The van der Waals surface area contributed by atoms with Crippen molar-refractivity contribution >= 4 is 17.3 Å². The lowest BCUT2D eigenvalue weighted by atomic mass is 10.0. The second-order valence-corrected chi connectivity index (χ2v) is 6.63. The molecule has 0 bridgehead atoms. The van der Waals surface area contributed by atoms with E-state index in [0.717, 1.165) is 22.7 Å². The average molecular weight is 390 g/mol. The zero-order valence-corrected chi connectivity index (χ0v) is 16.3. The van der Waals surface area contributed by atoms with Gasteiger partial charge in [-0.2, -0.15) is 0 Å². The summed E-state index contributed by atoms with van der Waals surface area (Å²) < 4.78 is 10.7. The number of hydrogen-bond acceptors (Lipinski definition) is 5. The third-order valence-electron chi connectivity index (χ3n) is 4.87.